The molecule has 1 aromatic carbocycles. The van der Waals surface area contributed by atoms with Crippen molar-refractivity contribution in [2.24, 2.45) is 0 Å². The summed E-state index contributed by atoms with van der Waals surface area (Å²) in [7, 11) is -3.62. The van der Waals surface area contributed by atoms with Gasteiger partial charge in [0.05, 0.1) is 4.90 Å². The molecule has 3 rings (SSSR count). The number of aryl methyl sites for hydroxylation is 1. The molecule has 0 amide bonds. The number of nitrogens with one attached hydrogen (secondary N) is 2. The van der Waals surface area contributed by atoms with Crippen LogP contribution >= 0.6 is 0 Å². The number of pyridine rings is 1. The minimum atomic E-state index is -3.62. The highest BCUT2D eigenvalue weighted by molar-refractivity contribution is 7.89. The van der Waals surface area contributed by atoms with Gasteiger partial charge in [-0.25, -0.2) is 22.5 Å². The number of sulfonamides is 1. The highest BCUT2D eigenvalue weighted by Gasteiger charge is 2.14. The lowest BCUT2D eigenvalue weighted by Crippen LogP contribution is -2.26. The lowest BCUT2D eigenvalue weighted by atomic mass is 10.1. The van der Waals surface area contributed by atoms with Crippen molar-refractivity contribution in [2.75, 3.05) is 18.4 Å². The minimum absolute atomic E-state index is 0.0546. The summed E-state index contributed by atoms with van der Waals surface area (Å²) in [5.74, 6) is 0.435. The second kappa shape index (κ2) is 6.64. The summed E-state index contributed by atoms with van der Waals surface area (Å²) in [6, 6.07) is 8.73. The summed E-state index contributed by atoms with van der Waals surface area (Å²) in [5.41, 5.74) is 2.03. The lowest BCUT2D eigenvalue weighted by molar-refractivity contribution is 0.580. The van der Waals surface area contributed by atoms with E-state index in [0.29, 0.717) is 6.42 Å². The smallest absolute Gasteiger partial charge is 0.240 e. The Bertz CT molecular complexity index is 791. The van der Waals surface area contributed by atoms with E-state index in [1.165, 1.54) is 17.7 Å². The number of fused-ring (bicyclic) bond motifs is 1. The number of halogens is 1. The third-order valence-corrected chi connectivity index (χ3v) is 5.23. The normalized spacial score (nSPS) is 14.1. The van der Waals surface area contributed by atoms with Crippen molar-refractivity contribution in [1.29, 1.82) is 0 Å². The predicted molar refractivity (Wildman–Crippen MR) is 86.3 cm³/mol. The fourth-order valence-electron chi connectivity index (χ4n) is 2.52. The summed E-state index contributed by atoms with van der Waals surface area (Å²) in [6.07, 6.45) is 2.62. The summed E-state index contributed by atoms with van der Waals surface area (Å²) in [6.45, 7) is 1.16. The van der Waals surface area contributed by atoms with E-state index in [2.05, 4.69) is 15.0 Å². The minimum Gasteiger partial charge on any atom is -0.370 e. The van der Waals surface area contributed by atoms with Gasteiger partial charge in [0.25, 0.3) is 0 Å². The quantitative estimate of drug-likeness (QED) is 0.878. The fourth-order valence-corrected chi connectivity index (χ4v) is 3.55. The molecular weight excluding hydrogens is 317 g/mol. The van der Waals surface area contributed by atoms with E-state index in [4.69, 9.17) is 0 Å². The highest BCUT2D eigenvalue weighted by atomic mass is 32.2. The van der Waals surface area contributed by atoms with Crippen molar-refractivity contribution in [3.63, 3.8) is 0 Å². The van der Waals surface area contributed by atoms with Crippen LogP contribution in [0.25, 0.3) is 0 Å². The number of rotatable bonds is 5. The zero-order valence-corrected chi connectivity index (χ0v) is 13.4. The summed E-state index contributed by atoms with van der Waals surface area (Å²) < 4.78 is 39.6. The highest BCUT2D eigenvalue weighted by Crippen LogP contribution is 2.19. The number of hydrogen-bond donors (Lipinski definition) is 2. The van der Waals surface area contributed by atoms with E-state index in [1.54, 1.807) is 0 Å². The maximum absolute atomic E-state index is 12.9. The van der Waals surface area contributed by atoms with Gasteiger partial charge in [0.15, 0.2) is 0 Å². The number of aromatic nitrogens is 1. The van der Waals surface area contributed by atoms with Crippen LogP contribution in [0.4, 0.5) is 10.2 Å². The van der Waals surface area contributed by atoms with Gasteiger partial charge in [-0.3, -0.25) is 0 Å². The first-order valence-electron chi connectivity index (χ1n) is 7.52. The van der Waals surface area contributed by atoms with Crippen molar-refractivity contribution in [1.82, 2.24) is 9.71 Å². The van der Waals surface area contributed by atoms with Crippen LogP contribution in [0.1, 0.15) is 17.7 Å². The molecule has 23 heavy (non-hydrogen) atoms. The zero-order chi connectivity index (χ0) is 16.3. The van der Waals surface area contributed by atoms with E-state index in [1.807, 2.05) is 12.1 Å². The number of benzene rings is 1. The molecule has 2 heterocycles. The van der Waals surface area contributed by atoms with Gasteiger partial charge in [-0.15, -0.1) is 0 Å². The molecular formula is C16H18FN3O2S. The Hall–Kier alpha value is -1.99. The van der Waals surface area contributed by atoms with Crippen LogP contribution in [-0.4, -0.2) is 26.5 Å². The summed E-state index contributed by atoms with van der Waals surface area (Å²) >= 11 is 0. The lowest BCUT2D eigenvalue weighted by Gasteiger charge is -2.17. The van der Waals surface area contributed by atoms with Crippen LogP contribution in [0, 0.1) is 5.82 Å². The van der Waals surface area contributed by atoms with E-state index in [-0.39, 0.29) is 11.4 Å². The van der Waals surface area contributed by atoms with Gasteiger partial charge in [0.1, 0.15) is 11.6 Å². The maximum atomic E-state index is 12.9. The Balaban J connectivity index is 1.61. The molecule has 7 heteroatoms. The molecule has 0 atom stereocenters. The van der Waals surface area contributed by atoms with Crippen molar-refractivity contribution in [2.45, 2.75) is 24.2 Å². The van der Waals surface area contributed by atoms with Crippen LogP contribution in [0.3, 0.4) is 0 Å². The molecule has 1 aromatic heterocycles. The molecule has 0 saturated heterocycles. The van der Waals surface area contributed by atoms with Gasteiger partial charge in [-0.1, -0.05) is 6.07 Å². The van der Waals surface area contributed by atoms with Crippen LogP contribution in [0.15, 0.2) is 41.3 Å². The molecule has 122 valence electrons. The van der Waals surface area contributed by atoms with Gasteiger partial charge in [0.2, 0.25) is 10.0 Å². The second-order valence-corrected chi connectivity index (χ2v) is 7.21. The van der Waals surface area contributed by atoms with Crippen LogP contribution in [0.5, 0.6) is 0 Å². The van der Waals surface area contributed by atoms with Gasteiger partial charge >= 0.3 is 0 Å². The Kier molecular flexibility index (Phi) is 4.58. The molecule has 0 aliphatic carbocycles. The average molecular weight is 335 g/mol. The van der Waals surface area contributed by atoms with Gasteiger partial charge < -0.3 is 5.32 Å². The van der Waals surface area contributed by atoms with Gasteiger partial charge in [0, 0.05) is 25.2 Å². The van der Waals surface area contributed by atoms with Crippen molar-refractivity contribution >= 4 is 15.8 Å². The average Bonchev–Trinajstić information content (AvgIpc) is 2.55. The number of nitrogens with zero attached hydrogens (tertiary/aromatic N) is 1. The first-order chi connectivity index (χ1) is 11.0. The fraction of sp³-hybridized carbons (Fsp3) is 0.312. The van der Waals surface area contributed by atoms with E-state index in [9.17, 15) is 12.8 Å². The first-order valence-corrected chi connectivity index (χ1v) is 9.01. The summed E-state index contributed by atoms with van der Waals surface area (Å²) in [4.78, 5) is 4.58. The molecule has 5 nitrogen and oxygen atoms in total. The Labute approximate surface area is 135 Å². The molecule has 2 aromatic rings. The predicted octanol–water partition coefficient (Wildman–Crippen LogP) is 2.10. The molecule has 0 radical (unpaired) electrons. The number of anilines is 1. The van der Waals surface area contributed by atoms with Crippen LogP contribution in [0.2, 0.25) is 0 Å². The molecule has 0 saturated carbocycles. The van der Waals surface area contributed by atoms with Gasteiger partial charge in [-0.2, -0.15) is 0 Å². The van der Waals surface area contributed by atoms with Crippen molar-refractivity contribution < 1.29 is 12.8 Å². The number of hydrogen-bond acceptors (Lipinski definition) is 4. The Morgan fingerprint density at radius 2 is 1.96 bits per heavy atom. The monoisotopic (exact) mass is 335 g/mol. The van der Waals surface area contributed by atoms with Crippen LogP contribution in [-0.2, 0) is 22.9 Å². The third-order valence-electron chi connectivity index (χ3n) is 3.75. The third kappa shape index (κ3) is 3.86. The molecule has 0 unspecified atom stereocenters. The topological polar surface area (TPSA) is 71.1 Å². The molecule has 1 aliphatic heterocycles. The van der Waals surface area contributed by atoms with E-state index in [0.717, 1.165) is 43.0 Å². The molecule has 2 N–H and O–H groups in total. The molecule has 0 bridgehead atoms. The summed E-state index contributed by atoms with van der Waals surface area (Å²) in [5, 5.41) is 3.26. The van der Waals surface area contributed by atoms with Crippen LogP contribution < -0.4 is 10.0 Å². The largest absolute Gasteiger partial charge is 0.370 e. The second-order valence-electron chi connectivity index (χ2n) is 5.44. The molecule has 0 fully saturated rings. The van der Waals surface area contributed by atoms with Gasteiger partial charge in [-0.05, 0) is 48.7 Å². The van der Waals surface area contributed by atoms with E-state index >= 15 is 0 Å². The SMILES string of the molecule is O=S(=O)(NCCc1ccc2c(n1)NCCC2)c1ccc(F)cc1. The molecule has 0 spiro atoms. The van der Waals surface area contributed by atoms with Crippen molar-refractivity contribution in [3.05, 3.63) is 53.5 Å². The zero-order valence-electron chi connectivity index (χ0n) is 12.5. The Morgan fingerprint density at radius 1 is 1.17 bits per heavy atom. The standard InChI is InChI=1S/C16H18FN3O2S/c17-13-4-7-15(8-5-13)23(21,22)19-11-9-14-6-3-12-2-1-10-18-16(12)20-14/h3-8,19H,1-2,9-11H2,(H,18,20). The van der Waals surface area contributed by atoms with E-state index < -0.39 is 15.8 Å². The first kappa shape index (κ1) is 15.9. The maximum Gasteiger partial charge on any atom is 0.240 e. The molecule has 1 aliphatic rings. The van der Waals surface area contributed by atoms with Crippen molar-refractivity contribution in [3.8, 4) is 0 Å². The Morgan fingerprint density at radius 3 is 2.74 bits per heavy atom.